The summed E-state index contributed by atoms with van der Waals surface area (Å²) >= 11 is 6.06. The molecule has 1 aliphatic heterocycles. The van der Waals surface area contributed by atoms with Gasteiger partial charge in [0.05, 0.1) is 17.6 Å². The summed E-state index contributed by atoms with van der Waals surface area (Å²) in [5, 5.41) is 14.3. The molecule has 0 saturated carbocycles. The van der Waals surface area contributed by atoms with Crippen molar-refractivity contribution in [1.82, 2.24) is 10.2 Å². The molecule has 1 aromatic carbocycles. The first-order valence-corrected chi connectivity index (χ1v) is 7.30. The number of halogens is 1. The van der Waals surface area contributed by atoms with Crippen LogP contribution in [0.2, 0.25) is 5.02 Å². The van der Waals surface area contributed by atoms with Crippen LogP contribution in [0.15, 0.2) is 18.2 Å². The number of ether oxygens (including phenoxy) is 1. The Balaban J connectivity index is 2.10. The highest BCUT2D eigenvalue weighted by Gasteiger charge is 2.30. The molecule has 1 aliphatic rings. The zero-order valence-corrected chi connectivity index (χ0v) is 13.2. The van der Waals surface area contributed by atoms with Crippen molar-refractivity contribution in [3.63, 3.8) is 0 Å². The van der Waals surface area contributed by atoms with Crippen LogP contribution in [0, 0.1) is 10.1 Å². The molecule has 1 aromatic rings. The van der Waals surface area contributed by atoms with Crippen LogP contribution in [0.3, 0.4) is 0 Å². The van der Waals surface area contributed by atoms with E-state index >= 15 is 0 Å². The average Bonchev–Trinajstić information content (AvgIpc) is 2.49. The fraction of sp³-hybridized carbons (Fsp3) is 0.500. The van der Waals surface area contributed by atoms with E-state index in [9.17, 15) is 14.9 Å². The number of benzene rings is 1. The highest BCUT2D eigenvalue weighted by molar-refractivity contribution is 6.31. The highest BCUT2D eigenvalue weighted by atomic mass is 35.5. The van der Waals surface area contributed by atoms with Gasteiger partial charge in [0.1, 0.15) is 6.04 Å². The Morgan fingerprint density at radius 1 is 1.59 bits per heavy atom. The summed E-state index contributed by atoms with van der Waals surface area (Å²) < 4.78 is 5.46. The number of carbonyl (C=O) groups is 1. The maximum Gasteiger partial charge on any atom is 0.269 e. The fourth-order valence-corrected chi connectivity index (χ4v) is 2.55. The first-order chi connectivity index (χ1) is 10.4. The second-order valence-corrected chi connectivity index (χ2v) is 5.64. The van der Waals surface area contributed by atoms with Crippen LogP contribution in [-0.2, 0) is 16.1 Å². The van der Waals surface area contributed by atoms with Gasteiger partial charge in [0.2, 0.25) is 5.91 Å². The van der Waals surface area contributed by atoms with Crippen molar-refractivity contribution in [2.24, 2.45) is 0 Å². The summed E-state index contributed by atoms with van der Waals surface area (Å²) in [6, 6.07) is 3.78. The van der Waals surface area contributed by atoms with Gasteiger partial charge < -0.3 is 15.0 Å². The number of nitrogens with zero attached hydrogens (tertiary/aromatic N) is 2. The van der Waals surface area contributed by atoms with Gasteiger partial charge in [-0.2, -0.15) is 0 Å². The predicted molar refractivity (Wildman–Crippen MR) is 81.8 cm³/mol. The van der Waals surface area contributed by atoms with E-state index < -0.39 is 11.0 Å². The monoisotopic (exact) mass is 327 g/mol. The molecule has 0 radical (unpaired) electrons. The maximum atomic E-state index is 12.4. The second-order valence-electron chi connectivity index (χ2n) is 5.23. The molecule has 2 atom stereocenters. The lowest BCUT2D eigenvalue weighted by Crippen LogP contribution is -2.55. The third-order valence-electron chi connectivity index (χ3n) is 3.61. The lowest BCUT2D eigenvalue weighted by Gasteiger charge is -2.32. The van der Waals surface area contributed by atoms with E-state index in [2.05, 4.69) is 5.32 Å². The van der Waals surface area contributed by atoms with Gasteiger partial charge in [-0.15, -0.1) is 0 Å². The molecule has 1 fully saturated rings. The van der Waals surface area contributed by atoms with E-state index in [1.807, 2.05) is 6.92 Å². The third-order valence-corrected chi connectivity index (χ3v) is 3.98. The Morgan fingerprint density at radius 2 is 2.32 bits per heavy atom. The van der Waals surface area contributed by atoms with Crippen molar-refractivity contribution in [3.8, 4) is 0 Å². The smallest absolute Gasteiger partial charge is 0.269 e. The number of carbonyl (C=O) groups excluding carboxylic acids is 1. The first-order valence-electron chi connectivity index (χ1n) is 6.93. The number of non-ortho nitro benzene ring substituents is 1. The molecule has 8 heteroatoms. The lowest BCUT2D eigenvalue weighted by atomic mass is 10.1. The van der Waals surface area contributed by atoms with Crippen molar-refractivity contribution >= 4 is 23.2 Å². The minimum absolute atomic E-state index is 0.0484. The summed E-state index contributed by atoms with van der Waals surface area (Å²) in [5.74, 6) is -0.130. The number of nitro benzene ring substituents is 1. The second kappa shape index (κ2) is 7.04. The predicted octanol–water partition coefficient (Wildman–Crippen LogP) is 1.58. The standard InChI is InChI=1S/C14H18ClN3O4/c1-9-13(16-5-6-22-9)14(19)17(2)8-10-7-11(18(20)21)3-4-12(10)15/h3-4,7,9,13,16H,5-6,8H2,1-2H3/t9-,13+/m1/s1. The topological polar surface area (TPSA) is 84.7 Å². The molecule has 2 rings (SSSR count). The Labute approximate surface area is 133 Å². The van der Waals surface area contributed by atoms with Crippen molar-refractivity contribution in [1.29, 1.82) is 0 Å². The van der Waals surface area contributed by atoms with Crippen LogP contribution >= 0.6 is 11.6 Å². The summed E-state index contributed by atoms with van der Waals surface area (Å²) in [6.07, 6.45) is -0.218. The van der Waals surface area contributed by atoms with Crippen LogP contribution in [0.5, 0.6) is 0 Å². The molecule has 1 saturated heterocycles. The molecule has 0 spiro atoms. The summed E-state index contributed by atoms with van der Waals surface area (Å²) in [4.78, 5) is 24.3. The molecule has 22 heavy (non-hydrogen) atoms. The molecule has 0 bridgehead atoms. The van der Waals surface area contributed by atoms with Crippen LogP contribution in [-0.4, -0.2) is 48.1 Å². The SMILES string of the molecule is C[C@H]1OCCN[C@@H]1C(=O)N(C)Cc1cc([N+](=O)[O-])ccc1Cl. The minimum atomic E-state index is -0.486. The van der Waals surface area contributed by atoms with Gasteiger partial charge in [-0.3, -0.25) is 14.9 Å². The van der Waals surface area contributed by atoms with E-state index in [0.717, 1.165) is 0 Å². The lowest BCUT2D eigenvalue weighted by molar-refractivity contribution is -0.384. The van der Waals surface area contributed by atoms with Gasteiger partial charge in [0.15, 0.2) is 0 Å². The van der Waals surface area contributed by atoms with E-state index in [-0.39, 0.29) is 24.2 Å². The zero-order chi connectivity index (χ0) is 16.3. The molecule has 7 nitrogen and oxygen atoms in total. The van der Waals surface area contributed by atoms with Crippen molar-refractivity contribution < 1.29 is 14.5 Å². The van der Waals surface area contributed by atoms with Gasteiger partial charge in [-0.25, -0.2) is 0 Å². The fourth-order valence-electron chi connectivity index (χ4n) is 2.38. The number of rotatable bonds is 4. The number of nitro groups is 1. The molecular formula is C14H18ClN3O4. The van der Waals surface area contributed by atoms with E-state index in [0.29, 0.717) is 23.7 Å². The summed E-state index contributed by atoms with van der Waals surface area (Å²) in [7, 11) is 1.64. The van der Waals surface area contributed by atoms with Crippen LogP contribution in [0.25, 0.3) is 0 Å². The van der Waals surface area contributed by atoms with Crippen molar-refractivity contribution in [3.05, 3.63) is 38.9 Å². The Hall–Kier alpha value is -1.70. The molecule has 0 aliphatic carbocycles. The number of likely N-dealkylation sites (N-methyl/N-ethyl adjacent to an activating group) is 1. The number of nitrogens with one attached hydrogen (secondary N) is 1. The number of hydrogen-bond donors (Lipinski definition) is 1. The maximum absolute atomic E-state index is 12.4. The Kier molecular flexibility index (Phi) is 5.33. The average molecular weight is 328 g/mol. The van der Waals surface area contributed by atoms with Crippen molar-refractivity contribution in [2.75, 3.05) is 20.2 Å². The van der Waals surface area contributed by atoms with E-state index in [1.54, 1.807) is 7.05 Å². The zero-order valence-electron chi connectivity index (χ0n) is 12.4. The number of morpholine rings is 1. The van der Waals surface area contributed by atoms with Crippen LogP contribution < -0.4 is 5.32 Å². The largest absolute Gasteiger partial charge is 0.375 e. The Bertz CT molecular complexity index is 581. The quantitative estimate of drug-likeness (QED) is 0.670. The van der Waals surface area contributed by atoms with Gasteiger partial charge in [0, 0.05) is 37.3 Å². The molecule has 1 N–H and O–H groups in total. The normalized spacial score (nSPS) is 21.4. The van der Waals surface area contributed by atoms with E-state index in [4.69, 9.17) is 16.3 Å². The van der Waals surface area contributed by atoms with Gasteiger partial charge in [-0.05, 0) is 18.6 Å². The molecule has 120 valence electrons. The number of hydrogen-bond acceptors (Lipinski definition) is 5. The minimum Gasteiger partial charge on any atom is -0.375 e. The molecule has 1 heterocycles. The third kappa shape index (κ3) is 3.73. The van der Waals surface area contributed by atoms with Crippen molar-refractivity contribution in [2.45, 2.75) is 25.6 Å². The van der Waals surface area contributed by atoms with Crippen LogP contribution in [0.4, 0.5) is 5.69 Å². The summed E-state index contributed by atoms with van der Waals surface area (Å²) in [6.45, 7) is 3.23. The molecular weight excluding hydrogens is 310 g/mol. The van der Waals surface area contributed by atoms with Crippen LogP contribution in [0.1, 0.15) is 12.5 Å². The van der Waals surface area contributed by atoms with Gasteiger partial charge in [0.25, 0.3) is 5.69 Å². The first kappa shape index (κ1) is 16.7. The number of amides is 1. The van der Waals surface area contributed by atoms with Gasteiger partial charge >= 0.3 is 0 Å². The van der Waals surface area contributed by atoms with E-state index in [1.165, 1.54) is 23.1 Å². The molecule has 1 amide bonds. The summed E-state index contributed by atoms with van der Waals surface area (Å²) in [5.41, 5.74) is 0.490. The molecule has 0 unspecified atom stereocenters. The van der Waals surface area contributed by atoms with Gasteiger partial charge in [-0.1, -0.05) is 11.6 Å². The Morgan fingerprint density at radius 3 is 2.95 bits per heavy atom. The molecule has 0 aromatic heterocycles. The highest BCUT2D eigenvalue weighted by Crippen LogP contribution is 2.23.